The largest absolute Gasteiger partial charge is 0.399 e. The minimum absolute atomic E-state index is 0.0364. The van der Waals surface area contributed by atoms with Gasteiger partial charge < -0.3 is 5.73 Å². The average Bonchev–Trinajstić information content (AvgIpc) is 2.97. The van der Waals surface area contributed by atoms with Crippen molar-refractivity contribution in [2.75, 3.05) is 5.73 Å². The molecule has 0 amide bonds. The third-order valence-electron chi connectivity index (χ3n) is 2.98. The maximum absolute atomic E-state index is 10.6. The number of nitrogens with one attached hydrogen (secondary N) is 1. The monoisotopic (exact) mass is 281 g/mol. The molecule has 0 spiro atoms. The highest BCUT2D eigenvalue weighted by molar-refractivity contribution is 5.64. The highest BCUT2D eigenvalue weighted by atomic mass is 16.6. The lowest BCUT2D eigenvalue weighted by atomic mass is 10.2. The Morgan fingerprint density at radius 2 is 1.86 bits per heavy atom. The predicted molar refractivity (Wildman–Crippen MR) is 78.3 cm³/mol. The first-order chi connectivity index (χ1) is 10.1. The molecular formula is C14H11N5O2. The van der Waals surface area contributed by atoms with Crippen molar-refractivity contribution in [3.63, 3.8) is 0 Å². The number of rotatable bonds is 3. The molecule has 1 heterocycles. The molecule has 21 heavy (non-hydrogen) atoms. The molecule has 0 saturated heterocycles. The number of H-pyrrole nitrogens is 1. The summed E-state index contributed by atoms with van der Waals surface area (Å²) in [5, 5.41) is 17.6. The maximum Gasteiger partial charge on any atom is 0.269 e. The Kier molecular flexibility index (Phi) is 3.07. The van der Waals surface area contributed by atoms with Gasteiger partial charge >= 0.3 is 0 Å². The zero-order valence-electron chi connectivity index (χ0n) is 10.9. The van der Waals surface area contributed by atoms with E-state index in [1.807, 2.05) is 12.1 Å². The second-order valence-electron chi connectivity index (χ2n) is 4.44. The molecule has 3 N–H and O–H groups in total. The molecule has 0 aliphatic rings. The van der Waals surface area contributed by atoms with Crippen LogP contribution in [0.2, 0.25) is 0 Å². The minimum Gasteiger partial charge on any atom is -0.399 e. The summed E-state index contributed by atoms with van der Waals surface area (Å²) in [6.07, 6.45) is 0. The highest BCUT2D eigenvalue weighted by Crippen LogP contribution is 2.23. The number of aromatic amines is 1. The maximum atomic E-state index is 10.6. The van der Waals surface area contributed by atoms with E-state index in [-0.39, 0.29) is 5.69 Å². The van der Waals surface area contributed by atoms with E-state index in [2.05, 4.69) is 15.2 Å². The Morgan fingerprint density at radius 3 is 2.52 bits per heavy atom. The molecule has 2 aromatic carbocycles. The van der Waals surface area contributed by atoms with Crippen molar-refractivity contribution < 1.29 is 4.92 Å². The second kappa shape index (κ2) is 5.04. The first-order valence-electron chi connectivity index (χ1n) is 6.16. The van der Waals surface area contributed by atoms with E-state index in [9.17, 15) is 10.1 Å². The van der Waals surface area contributed by atoms with Crippen molar-refractivity contribution in [1.29, 1.82) is 0 Å². The Labute approximate surface area is 119 Å². The van der Waals surface area contributed by atoms with Crippen LogP contribution in [0.3, 0.4) is 0 Å². The van der Waals surface area contributed by atoms with Gasteiger partial charge in [0.2, 0.25) is 0 Å². The molecule has 0 bridgehead atoms. The first kappa shape index (κ1) is 12.8. The molecule has 3 aromatic rings. The van der Waals surface area contributed by atoms with Crippen molar-refractivity contribution in [3.05, 3.63) is 58.6 Å². The minimum atomic E-state index is -0.442. The summed E-state index contributed by atoms with van der Waals surface area (Å²) in [5.74, 6) is 1.07. The zero-order chi connectivity index (χ0) is 14.8. The van der Waals surface area contributed by atoms with Crippen LogP contribution in [-0.2, 0) is 0 Å². The van der Waals surface area contributed by atoms with Crippen LogP contribution < -0.4 is 5.73 Å². The topological polar surface area (TPSA) is 111 Å². The number of non-ortho nitro benzene ring substituents is 1. The van der Waals surface area contributed by atoms with Gasteiger partial charge in [-0.1, -0.05) is 12.1 Å². The summed E-state index contributed by atoms with van der Waals surface area (Å²) >= 11 is 0. The average molecular weight is 281 g/mol. The zero-order valence-corrected chi connectivity index (χ0v) is 10.9. The molecule has 0 unspecified atom stereocenters. The van der Waals surface area contributed by atoms with Crippen LogP contribution in [0.5, 0.6) is 0 Å². The normalized spacial score (nSPS) is 10.5. The number of nitrogen functional groups attached to an aromatic ring is 1. The Balaban J connectivity index is 1.93. The lowest BCUT2D eigenvalue weighted by molar-refractivity contribution is -0.384. The van der Waals surface area contributed by atoms with Gasteiger partial charge in [0.1, 0.15) is 0 Å². The Hall–Kier alpha value is -3.22. The van der Waals surface area contributed by atoms with Gasteiger partial charge in [-0.3, -0.25) is 15.2 Å². The van der Waals surface area contributed by atoms with Crippen molar-refractivity contribution in [3.8, 4) is 22.8 Å². The quantitative estimate of drug-likeness (QED) is 0.435. The molecule has 3 rings (SSSR count). The van der Waals surface area contributed by atoms with E-state index >= 15 is 0 Å². The Morgan fingerprint density at radius 1 is 1.10 bits per heavy atom. The molecule has 0 saturated carbocycles. The molecule has 7 heteroatoms. The molecular weight excluding hydrogens is 270 g/mol. The van der Waals surface area contributed by atoms with Crippen LogP contribution in [0.15, 0.2) is 48.5 Å². The van der Waals surface area contributed by atoms with Crippen LogP contribution in [0.25, 0.3) is 22.8 Å². The third kappa shape index (κ3) is 2.57. The van der Waals surface area contributed by atoms with Gasteiger partial charge in [0.15, 0.2) is 11.6 Å². The van der Waals surface area contributed by atoms with E-state index in [4.69, 9.17) is 5.73 Å². The van der Waals surface area contributed by atoms with Crippen LogP contribution in [0.4, 0.5) is 11.4 Å². The number of anilines is 1. The summed E-state index contributed by atoms with van der Waals surface area (Å²) in [6.45, 7) is 0. The van der Waals surface area contributed by atoms with Crippen molar-refractivity contribution >= 4 is 11.4 Å². The highest BCUT2D eigenvalue weighted by Gasteiger charge is 2.10. The number of hydrogen-bond donors (Lipinski definition) is 2. The summed E-state index contributed by atoms with van der Waals surface area (Å²) in [5.41, 5.74) is 7.93. The van der Waals surface area contributed by atoms with E-state index < -0.39 is 4.92 Å². The fourth-order valence-corrected chi connectivity index (χ4v) is 1.94. The number of benzene rings is 2. The first-order valence-corrected chi connectivity index (χ1v) is 6.16. The van der Waals surface area contributed by atoms with Gasteiger partial charge in [-0.05, 0) is 24.3 Å². The molecule has 0 aliphatic heterocycles. The third-order valence-corrected chi connectivity index (χ3v) is 2.98. The summed E-state index contributed by atoms with van der Waals surface area (Å²) in [7, 11) is 0. The number of nitrogens with zero attached hydrogens (tertiary/aromatic N) is 3. The van der Waals surface area contributed by atoms with Crippen molar-refractivity contribution in [2.45, 2.75) is 0 Å². The summed E-state index contributed by atoms with van der Waals surface area (Å²) in [4.78, 5) is 14.6. The molecule has 7 nitrogen and oxygen atoms in total. The SMILES string of the molecule is Nc1cccc(-c2n[nH]c(-c3ccc([N+](=O)[O-])cc3)n2)c1. The van der Waals surface area contributed by atoms with Crippen LogP contribution in [-0.4, -0.2) is 20.1 Å². The van der Waals surface area contributed by atoms with Crippen LogP contribution >= 0.6 is 0 Å². The summed E-state index contributed by atoms with van der Waals surface area (Å²) < 4.78 is 0. The molecule has 104 valence electrons. The number of nitro groups is 1. The van der Waals surface area contributed by atoms with Gasteiger partial charge in [-0.15, -0.1) is 0 Å². The van der Waals surface area contributed by atoms with Crippen LogP contribution in [0.1, 0.15) is 0 Å². The number of nitro benzene ring substituents is 1. The van der Waals surface area contributed by atoms with Gasteiger partial charge in [-0.2, -0.15) is 5.10 Å². The fraction of sp³-hybridized carbons (Fsp3) is 0. The van der Waals surface area contributed by atoms with Crippen LogP contribution in [0, 0.1) is 10.1 Å². The van der Waals surface area contributed by atoms with Gasteiger partial charge in [0, 0.05) is 28.9 Å². The van der Waals surface area contributed by atoms with Gasteiger partial charge in [0.05, 0.1) is 4.92 Å². The number of hydrogen-bond acceptors (Lipinski definition) is 5. The lowest BCUT2D eigenvalue weighted by Gasteiger charge is -1.97. The van der Waals surface area contributed by atoms with E-state index in [0.717, 1.165) is 11.1 Å². The van der Waals surface area contributed by atoms with E-state index in [1.165, 1.54) is 12.1 Å². The molecule has 0 atom stereocenters. The fourth-order valence-electron chi connectivity index (χ4n) is 1.94. The Bertz CT molecular complexity index is 795. The number of aromatic nitrogens is 3. The molecule has 0 fully saturated rings. The predicted octanol–water partition coefficient (Wildman–Crippen LogP) is 2.63. The van der Waals surface area contributed by atoms with Crippen molar-refractivity contribution in [1.82, 2.24) is 15.2 Å². The molecule has 0 radical (unpaired) electrons. The molecule has 1 aromatic heterocycles. The van der Waals surface area contributed by atoms with Gasteiger partial charge in [0.25, 0.3) is 5.69 Å². The van der Waals surface area contributed by atoms with Gasteiger partial charge in [-0.25, -0.2) is 4.98 Å². The lowest BCUT2D eigenvalue weighted by Crippen LogP contribution is -1.88. The number of nitrogens with two attached hydrogens (primary N) is 1. The van der Waals surface area contributed by atoms with E-state index in [1.54, 1.807) is 24.3 Å². The smallest absolute Gasteiger partial charge is 0.269 e. The second-order valence-corrected chi connectivity index (χ2v) is 4.44. The standard InChI is InChI=1S/C14H11N5O2/c15-11-3-1-2-10(8-11)14-16-13(17-18-14)9-4-6-12(7-5-9)19(20)21/h1-8H,15H2,(H,16,17,18). The summed E-state index contributed by atoms with van der Waals surface area (Å²) in [6, 6.07) is 13.4. The van der Waals surface area contributed by atoms with E-state index in [0.29, 0.717) is 17.3 Å². The van der Waals surface area contributed by atoms with Crippen molar-refractivity contribution in [2.24, 2.45) is 0 Å². The molecule has 0 aliphatic carbocycles.